The summed E-state index contributed by atoms with van der Waals surface area (Å²) in [7, 11) is 0. The topological polar surface area (TPSA) is 35.1 Å². The van der Waals surface area contributed by atoms with E-state index in [1.165, 1.54) is 21.8 Å². The van der Waals surface area contributed by atoms with Crippen LogP contribution in [0.3, 0.4) is 0 Å². The van der Waals surface area contributed by atoms with Crippen molar-refractivity contribution in [3.63, 3.8) is 0 Å². The summed E-state index contributed by atoms with van der Waals surface area (Å²) in [4.78, 5) is 4.72. The fourth-order valence-corrected chi connectivity index (χ4v) is 6.63. The molecule has 0 radical (unpaired) electrons. The smallest absolute Gasteiger partial charge is 0.101 e. The molecular formula is C40H26N4. The number of hydrogen-bond donors (Lipinski definition) is 0. The molecule has 9 rings (SSSR count). The Morgan fingerprint density at radius 1 is 0.500 bits per heavy atom. The highest BCUT2D eigenvalue weighted by Crippen LogP contribution is 2.41. The second-order valence-electron chi connectivity index (χ2n) is 11.1. The molecule has 0 bridgehead atoms. The average molecular weight is 563 g/mol. The van der Waals surface area contributed by atoms with E-state index in [0.717, 1.165) is 55.7 Å². The van der Waals surface area contributed by atoms with E-state index in [9.17, 15) is 0 Å². The van der Waals surface area contributed by atoms with Crippen molar-refractivity contribution in [1.29, 1.82) is 0 Å². The van der Waals surface area contributed by atoms with E-state index in [4.69, 9.17) is 10.1 Å². The van der Waals surface area contributed by atoms with Crippen LogP contribution in [0, 0.1) is 0 Å². The van der Waals surface area contributed by atoms with Gasteiger partial charge in [0.1, 0.15) is 5.69 Å². The molecule has 0 saturated carbocycles. The zero-order valence-electron chi connectivity index (χ0n) is 23.8. The molecule has 5 aromatic carbocycles. The lowest BCUT2D eigenvalue weighted by atomic mass is 9.97. The van der Waals surface area contributed by atoms with Gasteiger partial charge >= 0.3 is 0 Å². The molecule has 0 N–H and O–H groups in total. The zero-order valence-corrected chi connectivity index (χ0v) is 23.8. The first kappa shape index (κ1) is 24.6. The SMILES string of the molecule is c1ccc(-c2c(-c3ccc(-n4c5ccccc5c5ccccc54)cc3)nn3c(-c4ccccn4)cc4ccccc4c23)cc1. The number of rotatable bonds is 4. The first-order valence-corrected chi connectivity index (χ1v) is 14.9. The van der Waals surface area contributed by atoms with Crippen molar-refractivity contribution in [3.05, 3.63) is 158 Å². The summed E-state index contributed by atoms with van der Waals surface area (Å²) >= 11 is 0. The summed E-state index contributed by atoms with van der Waals surface area (Å²) < 4.78 is 4.44. The van der Waals surface area contributed by atoms with Gasteiger partial charge in [-0.25, -0.2) is 4.52 Å². The number of hydrogen-bond acceptors (Lipinski definition) is 2. The third-order valence-corrected chi connectivity index (χ3v) is 8.59. The van der Waals surface area contributed by atoms with Gasteiger partial charge in [0, 0.05) is 39.2 Å². The molecule has 0 atom stereocenters. The van der Waals surface area contributed by atoms with Crippen LogP contribution in [0.25, 0.3) is 77.6 Å². The molecule has 0 aliphatic carbocycles. The van der Waals surface area contributed by atoms with Gasteiger partial charge in [0.25, 0.3) is 0 Å². The van der Waals surface area contributed by atoms with Crippen molar-refractivity contribution in [1.82, 2.24) is 19.2 Å². The fraction of sp³-hybridized carbons (Fsp3) is 0. The Bertz CT molecular complexity index is 2420. The molecule has 0 amide bonds. The second-order valence-corrected chi connectivity index (χ2v) is 11.1. The van der Waals surface area contributed by atoms with Crippen LogP contribution in [-0.4, -0.2) is 19.2 Å². The van der Waals surface area contributed by atoms with E-state index in [-0.39, 0.29) is 0 Å². The molecule has 4 nitrogen and oxygen atoms in total. The van der Waals surface area contributed by atoms with Crippen molar-refractivity contribution in [2.24, 2.45) is 0 Å². The summed E-state index contributed by atoms with van der Waals surface area (Å²) in [5, 5.41) is 10.2. The van der Waals surface area contributed by atoms with Crippen molar-refractivity contribution in [2.75, 3.05) is 0 Å². The Morgan fingerprint density at radius 2 is 1.14 bits per heavy atom. The van der Waals surface area contributed by atoms with Gasteiger partial charge < -0.3 is 4.57 Å². The van der Waals surface area contributed by atoms with Crippen molar-refractivity contribution in [3.8, 4) is 39.5 Å². The van der Waals surface area contributed by atoms with E-state index in [0.29, 0.717) is 0 Å². The summed E-state index contributed by atoms with van der Waals surface area (Å²) in [5.74, 6) is 0. The predicted octanol–water partition coefficient (Wildman–Crippen LogP) is 9.98. The number of nitrogens with zero attached hydrogens (tertiary/aromatic N) is 4. The Hall–Kier alpha value is -6.00. The molecule has 9 aromatic rings. The maximum atomic E-state index is 5.35. The normalized spacial score (nSPS) is 11.6. The highest BCUT2D eigenvalue weighted by molar-refractivity contribution is 6.10. The zero-order chi connectivity index (χ0) is 29.0. The van der Waals surface area contributed by atoms with Crippen LogP contribution in [0.15, 0.2) is 158 Å². The summed E-state index contributed by atoms with van der Waals surface area (Å²) in [5.41, 5.74) is 10.7. The van der Waals surface area contributed by atoms with Crippen LogP contribution in [-0.2, 0) is 0 Å². The molecule has 206 valence electrons. The summed E-state index contributed by atoms with van der Waals surface area (Å²) in [6.45, 7) is 0. The number of pyridine rings is 2. The molecule has 0 saturated heterocycles. The molecule has 4 heterocycles. The number of benzene rings is 5. The van der Waals surface area contributed by atoms with Crippen molar-refractivity contribution < 1.29 is 0 Å². The lowest BCUT2D eigenvalue weighted by Gasteiger charge is -2.10. The van der Waals surface area contributed by atoms with Crippen LogP contribution < -0.4 is 0 Å². The van der Waals surface area contributed by atoms with E-state index >= 15 is 0 Å². The lowest BCUT2D eigenvalue weighted by Crippen LogP contribution is -1.97. The minimum atomic E-state index is 0.888. The maximum Gasteiger partial charge on any atom is 0.101 e. The minimum absolute atomic E-state index is 0.888. The molecule has 4 heteroatoms. The summed E-state index contributed by atoms with van der Waals surface area (Å²) in [6, 6.07) is 53.5. The van der Waals surface area contributed by atoms with Gasteiger partial charge in [0.05, 0.1) is 27.9 Å². The molecule has 4 aromatic heterocycles. The molecular weight excluding hydrogens is 536 g/mol. The number of para-hydroxylation sites is 2. The van der Waals surface area contributed by atoms with Crippen LogP contribution in [0.4, 0.5) is 0 Å². The standard InChI is InChI=1S/C40H26N4/c1-2-12-27(13-3-1)38-39(42-44-37(34-18-10-11-25-41-34)26-29-14-4-5-15-31(29)40(38)44)28-21-23-30(24-22-28)43-35-19-8-6-16-32(35)33-17-7-9-20-36(33)43/h1-26H. The largest absolute Gasteiger partial charge is 0.309 e. The number of fused-ring (bicyclic) bond motifs is 6. The third kappa shape index (κ3) is 3.71. The van der Waals surface area contributed by atoms with Gasteiger partial charge in [0.15, 0.2) is 0 Å². The average Bonchev–Trinajstić information content (AvgIpc) is 3.66. The Morgan fingerprint density at radius 3 is 1.84 bits per heavy atom. The van der Waals surface area contributed by atoms with Crippen molar-refractivity contribution in [2.45, 2.75) is 0 Å². The molecule has 0 spiro atoms. The van der Waals surface area contributed by atoms with E-state index in [2.05, 4.69) is 143 Å². The Labute approximate surface area is 254 Å². The lowest BCUT2D eigenvalue weighted by molar-refractivity contribution is 0.972. The molecule has 44 heavy (non-hydrogen) atoms. The monoisotopic (exact) mass is 562 g/mol. The van der Waals surface area contributed by atoms with Gasteiger partial charge in [-0.15, -0.1) is 0 Å². The molecule has 0 unspecified atom stereocenters. The first-order valence-electron chi connectivity index (χ1n) is 14.9. The van der Waals surface area contributed by atoms with Crippen LogP contribution >= 0.6 is 0 Å². The Balaban J connectivity index is 1.31. The van der Waals surface area contributed by atoms with Gasteiger partial charge in [0.2, 0.25) is 0 Å². The Kier molecular flexibility index (Phi) is 5.47. The van der Waals surface area contributed by atoms with Crippen LogP contribution in [0.5, 0.6) is 0 Å². The number of aromatic nitrogens is 4. The van der Waals surface area contributed by atoms with E-state index < -0.39 is 0 Å². The first-order chi connectivity index (χ1) is 21.8. The molecule has 0 aliphatic rings. The van der Waals surface area contributed by atoms with Gasteiger partial charge in [-0.3, -0.25) is 4.98 Å². The van der Waals surface area contributed by atoms with E-state index in [1.807, 2.05) is 24.4 Å². The molecule has 0 fully saturated rings. The predicted molar refractivity (Wildman–Crippen MR) is 181 cm³/mol. The van der Waals surface area contributed by atoms with Crippen LogP contribution in [0.2, 0.25) is 0 Å². The van der Waals surface area contributed by atoms with Gasteiger partial charge in [-0.2, -0.15) is 5.10 Å². The highest BCUT2D eigenvalue weighted by Gasteiger charge is 2.22. The minimum Gasteiger partial charge on any atom is -0.309 e. The van der Waals surface area contributed by atoms with Gasteiger partial charge in [-0.1, -0.05) is 109 Å². The summed E-state index contributed by atoms with van der Waals surface area (Å²) in [6.07, 6.45) is 1.84. The fourth-order valence-electron chi connectivity index (χ4n) is 6.63. The highest BCUT2D eigenvalue weighted by atomic mass is 15.2. The quantitative estimate of drug-likeness (QED) is 0.214. The van der Waals surface area contributed by atoms with Crippen molar-refractivity contribution >= 4 is 38.1 Å². The van der Waals surface area contributed by atoms with Gasteiger partial charge in [-0.05, 0) is 53.4 Å². The third-order valence-electron chi connectivity index (χ3n) is 8.59. The second kappa shape index (κ2) is 9.79. The van der Waals surface area contributed by atoms with Crippen LogP contribution in [0.1, 0.15) is 0 Å². The maximum absolute atomic E-state index is 5.35. The van der Waals surface area contributed by atoms with E-state index in [1.54, 1.807) is 0 Å². The molecule has 0 aliphatic heterocycles.